The van der Waals surface area contributed by atoms with Gasteiger partial charge in [-0.25, -0.2) is 4.79 Å². The van der Waals surface area contributed by atoms with Crippen molar-refractivity contribution in [3.8, 4) is 5.75 Å². The summed E-state index contributed by atoms with van der Waals surface area (Å²) in [5, 5.41) is 11.9. The molecule has 0 bridgehead atoms. The molecule has 0 radical (unpaired) electrons. The molecule has 2 N–H and O–H groups in total. The average molecular weight is 321 g/mol. The van der Waals surface area contributed by atoms with E-state index in [0.717, 1.165) is 11.3 Å². The predicted molar refractivity (Wildman–Crippen MR) is 84.4 cm³/mol. The van der Waals surface area contributed by atoms with E-state index < -0.39 is 11.5 Å². The van der Waals surface area contributed by atoms with Gasteiger partial charge in [-0.2, -0.15) is 0 Å². The lowest BCUT2D eigenvalue weighted by Gasteiger charge is -2.23. The van der Waals surface area contributed by atoms with E-state index in [1.807, 2.05) is 24.3 Å². The Morgan fingerprint density at radius 3 is 2.57 bits per heavy atom. The van der Waals surface area contributed by atoms with Crippen LogP contribution in [0.5, 0.6) is 5.75 Å². The number of benzene rings is 1. The summed E-state index contributed by atoms with van der Waals surface area (Å²) in [4.78, 5) is 23.5. The monoisotopic (exact) mass is 321 g/mol. The second kappa shape index (κ2) is 7.46. The summed E-state index contributed by atoms with van der Waals surface area (Å²) in [5.74, 6) is -0.176. The normalized spacial score (nSPS) is 20.5. The summed E-state index contributed by atoms with van der Waals surface area (Å²) in [6, 6.07) is 7.26. The minimum Gasteiger partial charge on any atom is -0.493 e. The van der Waals surface area contributed by atoms with Crippen LogP contribution in [0.4, 0.5) is 0 Å². The van der Waals surface area contributed by atoms with E-state index in [1.54, 1.807) is 0 Å². The Morgan fingerprint density at radius 2 is 2.04 bits per heavy atom. The molecule has 1 aliphatic heterocycles. The smallest absolute Gasteiger partial charge is 0.331 e. The van der Waals surface area contributed by atoms with Gasteiger partial charge in [0.25, 0.3) is 0 Å². The van der Waals surface area contributed by atoms with Crippen molar-refractivity contribution in [2.75, 3.05) is 19.8 Å². The summed E-state index contributed by atoms with van der Waals surface area (Å²) in [7, 11) is 0. The number of rotatable bonds is 7. The van der Waals surface area contributed by atoms with E-state index in [-0.39, 0.29) is 25.4 Å². The molecule has 0 aromatic heterocycles. The summed E-state index contributed by atoms with van der Waals surface area (Å²) < 4.78 is 10.7. The van der Waals surface area contributed by atoms with Crippen LogP contribution < -0.4 is 10.1 Å². The maximum Gasteiger partial charge on any atom is 0.331 e. The maximum atomic E-state index is 12.1. The van der Waals surface area contributed by atoms with Crippen LogP contribution >= 0.6 is 0 Å². The van der Waals surface area contributed by atoms with Gasteiger partial charge < -0.3 is 19.9 Å². The van der Waals surface area contributed by atoms with Crippen molar-refractivity contribution in [1.82, 2.24) is 5.32 Å². The Labute approximate surface area is 135 Å². The summed E-state index contributed by atoms with van der Waals surface area (Å²) in [6.45, 7) is 5.14. The van der Waals surface area contributed by atoms with Crippen LogP contribution in [0.1, 0.15) is 25.8 Å². The number of carboxylic acids is 1. The molecule has 1 atom stereocenters. The quantitative estimate of drug-likeness (QED) is 0.797. The van der Waals surface area contributed by atoms with Gasteiger partial charge in [0.05, 0.1) is 19.6 Å². The number of aliphatic carboxylic acids is 1. The van der Waals surface area contributed by atoms with Crippen molar-refractivity contribution in [3.05, 3.63) is 29.8 Å². The van der Waals surface area contributed by atoms with Crippen LogP contribution in [0, 0.1) is 5.92 Å². The van der Waals surface area contributed by atoms with Crippen molar-refractivity contribution in [2.45, 2.75) is 32.2 Å². The fraction of sp³-hybridized carbons (Fsp3) is 0.529. The molecule has 1 unspecified atom stereocenters. The highest BCUT2D eigenvalue weighted by Crippen LogP contribution is 2.19. The molecule has 6 heteroatoms. The Balaban J connectivity index is 1.91. The van der Waals surface area contributed by atoms with E-state index in [0.29, 0.717) is 19.1 Å². The topological polar surface area (TPSA) is 84.9 Å². The van der Waals surface area contributed by atoms with Crippen LogP contribution in [-0.4, -0.2) is 42.3 Å². The molecule has 0 saturated carbocycles. The molecule has 1 aliphatic rings. The minimum atomic E-state index is -1.29. The van der Waals surface area contributed by atoms with Gasteiger partial charge >= 0.3 is 5.97 Å². The van der Waals surface area contributed by atoms with Crippen LogP contribution in [0.25, 0.3) is 0 Å². The highest BCUT2D eigenvalue weighted by Gasteiger charge is 2.43. The van der Waals surface area contributed by atoms with Crippen molar-refractivity contribution < 1.29 is 24.2 Å². The number of carboxylic acid groups (broad SMARTS) is 1. The second-order valence-electron chi connectivity index (χ2n) is 6.26. The minimum absolute atomic E-state index is 0.00997. The first-order valence-electron chi connectivity index (χ1n) is 7.75. The first-order chi connectivity index (χ1) is 10.9. The highest BCUT2D eigenvalue weighted by atomic mass is 16.5. The lowest BCUT2D eigenvalue weighted by molar-refractivity contribution is -0.147. The van der Waals surface area contributed by atoms with Gasteiger partial charge in [0.15, 0.2) is 5.54 Å². The number of nitrogens with one attached hydrogen (secondary N) is 1. The summed E-state index contributed by atoms with van der Waals surface area (Å²) >= 11 is 0. The molecule has 126 valence electrons. The van der Waals surface area contributed by atoms with Crippen molar-refractivity contribution in [1.29, 1.82) is 0 Å². The number of hydrogen-bond donors (Lipinski definition) is 2. The van der Waals surface area contributed by atoms with Gasteiger partial charge in [-0.15, -0.1) is 0 Å². The number of hydrogen-bond acceptors (Lipinski definition) is 4. The third-order valence-corrected chi connectivity index (χ3v) is 3.68. The fourth-order valence-corrected chi connectivity index (χ4v) is 2.35. The molecule has 1 heterocycles. The third-order valence-electron chi connectivity index (χ3n) is 3.68. The standard InChI is InChI=1S/C17H23NO5/c1-12(2)10-23-14-5-3-13(4-6-14)9-15(19)18-17(16(20)21)7-8-22-11-17/h3-6,12H,7-11H2,1-2H3,(H,18,19)(H,20,21). The largest absolute Gasteiger partial charge is 0.493 e. The number of carbonyl (C=O) groups is 2. The Kier molecular flexibility index (Phi) is 5.60. The van der Waals surface area contributed by atoms with E-state index >= 15 is 0 Å². The number of carbonyl (C=O) groups excluding carboxylic acids is 1. The molecule has 6 nitrogen and oxygen atoms in total. The van der Waals surface area contributed by atoms with E-state index in [1.165, 1.54) is 0 Å². The zero-order valence-electron chi connectivity index (χ0n) is 13.5. The SMILES string of the molecule is CC(C)COc1ccc(CC(=O)NC2(C(=O)O)CCOC2)cc1. The van der Waals surface area contributed by atoms with Gasteiger partial charge in [-0.3, -0.25) is 4.79 Å². The molecule has 1 aromatic carbocycles. The van der Waals surface area contributed by atoms with Crippen molar-refractivity contribution in [2.24, 2.45) is 5.92 Å². The van der Waals surface area contributed by atoms with Gasteiger partial charge in [0.2, 0.25) is 5.91 Å². The molecule has 0 spiro atoms. The van der Waals surface area contributed by atoms with Gasteiger partial charge in [-0.05, 0) is 23.6 Å². The zero-order chi connectivity index (χ0) is 16.9. The van der Waals surface area contributed by atoms with Crippen molar-refractivity contribution >= 4 is 11.9 Å². The fourth-order valence-electron chi connectivity index (χ4n) is 2.35. The summed E-state index contributed by atoms with van der Waals surface area (Å²) in [5.41, 5.74) is -0.490. The molecular weight excluding hydrogens is 298 g/mol. The first kappa shape index (κ1) is 17.3. The molecule has 1 aromatic rings. The molecule has 1 saturated heterocycles. The second-order valence-corrected chi connectivity index (χ2v) is 6.26. The van der Waals surface area contributed by atoms with Gasteiger partial charge in [0, 0.05) is 13.0 Å². The van der Waals surface area contributed by atoms with Crippen LogP contribution in [0.15, 0.2) is 24.3 Å². The Morgan fingerprint density at radius 1 is 1.35 bits per heavy atom. The molecule has 23 heavy (non-hydrogen) atoms. The molecule has 1 fully saturated rings. The molecule has 2 rings (SSSR count). The Bertz CT molecular complexity index is 547. The van der Waals surface area contributed by atoms with Crippen LogP contribution in [0.2, 0.25) is 0 Å². The predicted octanol–water partition coefficient (Wildman–Crippen LogP) is 1.62. The van der Waals surface area contributed by atoms with Crippen molar-refractivity contribution in [3.63, 3.8) is 0 Å². The molecular formula is C17H23NO5. The average Bonchev–Trinajstić information content (AvgIpc) is 2.96. The van der Waals surface area contributed by atoms with Gasteiger partial charge in [0.1, 0.15) is 5.75 Å². The first-order valence-corrected chi connectivity index (χ1v) is 7.75. The molecule has 0 aliphatic carbocycles. The highest BCUT2D eigenvalue weighted by molar-refractivity contribution is 5.88. The lowest BCUT2D eigenvalue weighted by Crippen LogP contribution is -2.55. The zero-order valence-corrected chi connectivity index (χ0v) is 13.5. The Hall–Kier alpha value is -2.08. The number of ether oxygens (including phenoxy) is 2. The van der Waals surface area contributed by atoms with E-state index in [9.17, 15) is 14.7 Å². The number of amides is 1. The maximum absolute atomic E-state index is 12.1. The molecule has 1 amide bonds. The third kappa shape index (κ3) is 4.69. The van der Waals surface area contributed by atoms with E-state index in [4.69, 9.17) is 9.47 Å². The summed E-state index contributed by atoms with van der Waals surface area (Å²) in [6.07, 6.45) is 0.412. The van der Waals surface area contributed by atoms with E-state index in [2.05, 4.69) is 19.2 Å². The van der Waals surface area contributed by atoms with Crippen LogP contribution in [0.3, 0.4) is 0 Å². The van der Waals surface area contributed by atoms with Gasteiger partial charge in [-0.1, -0.05) is 26.0 Å². The van der Waals surface area contributed by atoms with Crippen LogP contribution in [-0.2, 0) is 20.7 Å². The lowest BCUT2D eigenvalue weighted by atomic mass is 9.98.